The summed E-state index contributed by atoms with van der Waals surface area (Å²) >= 11 is 2.27. The summed E-state index contributed by atoms with van der Waals surface area (Å²) in [7, 11) is 0. The van der Waals surface area contributed by atoms with Crippen molar-refractivity contribution in [2.24, 2.45) is 5.10 Å². The molecule has 0 bridgehead atoms. The van der Waals surface area contributed by atoms with Crippen LogP contribution in [0.5, 0.6) is 0 Å². The minimum absolute atomic E-state index is 0.133. The minimum Gasteiger partial charge on any atom is -0.259 e. The molecule has 0 amide bonds. The van der Waals surface area contributed by atoms with Crippen molar-refractivity contribution in [2.75, 3.05) is 5.43 Å². The summed E-state index contributed by atoms with van der Waals surface area (Å²) in [5.74, 6) is 0.133. The van der Waals surface area contributed by atoms with Crippen LogP contribution in [0.3, 0.4) is 0 Å². The molecule has 0 spiro atoms. The quantitative estimate of drug-likeness (QED) is 0.661. The zero-order valence-corrected chi connectivity index (χ0v) is 8.17. The fourth-order valence-corrected chi connectivity index (χ4v) is 0.615. The predicted molar refractivity (Wildman–Crippen MR) is 48.1 cm³/mol. The molecule has 1 N–H and O–H groups in total. The van der Waals surface area contributed by atoms with Gasteiger partial charge in [-0.05, 0) is 15.9 Å². The number of hydrogen-bond donors (Lipinski definition) is 1. The Hall–Kier alpha value is -1.18. The molecule has 1 heterocycles. The van der Waals surface area contributed by atoms with Crippen LogP contribution in [0.4, 0.5) is 19.0 Å². The van der Waals surface area contributed by atoms with E-state index in [-0.39, 0.29) is 5.82 Å². The highest BCUT2D eigenvalue weighted by atomic mass is 79.9. The van der Waals surface area contributed by atoms with Gasteiger partial charge in [-0.1, -0.05) is 0 Å². The van der Waals surface area contributed by atoms with Crippen molar-refractivity contribution in [3.8, 4) is 0 Å². The van der Waals surface area contributed by atoms with Gasteiger partial charge in [0.1, 0.15) is 0 Å². The number of nitrogens with zero attached hydrogens (tertiary/aromatic N) is 3. The highest BCUT2D eigenvalue weighted by Crippen LogP contribution is 2.20. The van der Waals surface area contributed by atoms with Gasteiger partial charge in [-0.15, -0.1) is 0 Å². The van der Waals surface area contributed by atoms with Crippen LogP contribution in [-0.2, 0) is 0 Å². The third-order valence-electron chi connectivity index (χ3n) is 1.07. The van der Waals surface area contributed by atoms with Gasteiger partial charge in [-0.25, -0.2) is 4.98 Å². The molecule has 8 heteroatoms. The van der Waals surface area contributed by atoms with E-state index in [1.54, 1.807) is 0 Å². The smallest absolute Gasteiger partial charge is 0.259 e. The van der Waals surface area contributed by atoms with E-state index in [4.69, 9.17) is 0 Å². The maximum atomic E-state index is 11.9. The minimum atomic E-state index is -4.50. The van der Waals surface area contributed by atoms with E-state index < -0.39 is 10.8 Å². The van der Waals surface area contributed by atoms with E-state index in [0.717, 1.165) is 0 Å². The largest absolute Gasteiger partial charge is 0.441 e. The summed E-state index contributed by atoms with van der Waals surface area (Å²) in [6.07, 6.45) is -0.525. The molecule has 0 atom stereocenters. The van der Waals surface area contributed by atoms with Gasteiger partial charge < -0.3 is 0 Å². The number of nitrogens with one attached hydrogen (secondary N) is 1. The van der Waals surface area contributed by atoms with Crippen LogP contribution in [-0.4, -0.2) is 20.8 Å². The lowest BCUT2D eigenvalue weighted by atomic mass is 10.7. The maximum Gasteiger partial charge on any atom is 0.441 e. The first-order chi connectivity index (χ1) is 6.50. The molecule has 0 unspecified atom stereocenters. The fourth-order valence-electron chi connectivity index (χ4n) is 0.527. The maximum absolute atomic E-state index is 11.9. The third kappa shape index (κ3) is 3.29. The number of alkyl halides is 3. The van der Waals surface area contributed by atoms with E-state index >= 15 is 0 Å². The summed E-state index contributed by atoms with van der Waals surface area (Å²) in [5.41, 5.74) is 2.10. The van der Waals surface area contributed by atoms with Gasteiger partial charge in [0, 0.05) is 12.4 Å². The van der Waals surface area contributed by atoms with Crippen molar-refractivity contribution < 1.29 is 13.2 Å². The van der Waals surface area contributed by atoms with E-state index in [1.165, 1.54) is 18.6 Å². The molecule has 0 aromatic carbocycles. The van der Waals surface area contributed by atoms with E-state index in [0.29, 0.717) is 0 Å². The van der Waals surface area contributed by atoms with Crippen LogP contribution >= 0.6 is 15.9 Å². The molecule has 14 heavy (non-hydrogen) atoms. The van der Waals surface area contributed by atoms with E-state index in [9.17, 15) is 13.2 Å². The van der Waals surface area contributed by atoms with E-state index in [2.05, 4.69) is 36.4 Å². The van der Waals surface area contributed by atoms with E-state index in [1.807, 2.05) is 0 Å². The van der Waals surface area contributed by atoms with Gasteiger partial charge >= 0.3 is 6.18 Å². The Bertz CT molecular complexity index is 324. The first-order valence-corrected chi connectivity index (χ1v) is 4.12. The van der Waals surface area contributed by atoms with Crippen LogP contribution < -0.4 is 5.43 Å². The van der Waals surface area contributed by atoms with Gasteiger partial charge in [-0.2, -0.15) is 18.3 Å². The zero-order valence-electron chi connectivity index (χ0n) is 6.59. The van der Waals surface area contributed by atoms with Gasteiger partial charge in [0.05, 0.1) is 6.20 Å². The summed E-state index contributed by atoms with van der Waals surface area (Å²) in [6, 6.07) is 0. The average Bonchev–Trinajstić information content (AvgIpc) is 2.14. The molecule has 0 saturated heterocycles. The number of anilines is 1. The summed E-state index contributed by atoms with van der Waals surface area (Å²) in [4.78, 5) is 7.30. The van der Waals surface area contributed by atoms with Crippen LogP contribution in [0.2, 0.25) is 0 Å². The van der Waals surface area contributed by atoms with Crippen LogP contribution in [0.15, 0.2) is 23.7 Å². The molecule has 0 aliphatic rings. The second-order valence-corrected chi connectivity index (χ2v) is 2.85. The molecule has 0 fully saturated rings. The van der Waals surface area contributed by atoms with Gasteiger partial charge in [0.2, 0.25) is 4.62 Å². The number of hydrogen-bond acceptors (Lipinski definition) is 4. The van der Waals surface area contributed by atoms with Crippen LogP contribution in [0, 0.1) is 0 Å². The Morgan fingerprint density at radius 2 is 2.14 bits per heavy atom. The standard InChI is InChI=1S/C6H4BrF3N4/c7-5(6(8,9)10)14-13-4-3-11-1-2-12-4/h1-3H,(H,12,13). The van der Waals surface area contributed by atoms with Gasteiger partial charge in [0.15, 0.2) is 5.82 Å². The Kier molecular flexibility index (Phi) is 3.39. The monoisotopic (exact) mass is 268 g/mol. The fraction of sp³-hybridized carbons (Fsp3) is 0.167. The van der Waals surface area contributed by atoms with Gasteiger partial charge in [0.25, 0.3) is 0 Å². The Labute approximate surface area is 85.4 Å². The number of halogens is 4. The van der Waals surface area contributed by atoms with Crippen molar-refractivity contribution >= 4 is 26.4 Å². The molecular formula is C6H4BrF3N4. The summed E-state index contributed by atoms with van der Waals surface area (Å²) in [5, 5.41) is 3.02. The molecular weight excluding hydrogens is 265 g/mol. The second-order valence-electron chi connectivity index (χ2n) is 2.10. The van der Waals surface area contributed by atoms with Crippen molar-refractivity contribution in [3.05, 3.63) is 18.6 Å². The second kappa shape index (κ2) is 4.36. The summed E-state index contributed by atoms with van der Waals surface area (Å²) < 4.78 is 34.5. The highest BCUT2D eigenvalue weighted by molar-refractivity contribution is 9.18. The first-order valence-electron chi connectivity index (χ1n) is 3.32. The zero-order chi connectivity index (χ0) is 10.6. The molecule has 0 saturated carbocycles. The number of hydrazone groups is 1. The van der Waals surface area contributed by atoms with Crippen molar-refractivity contribution in [1.29, 1.82) is 0 Å². The molecule has 76 valence electrons. The SMILES string of the molecule is FC(F)(F)C(Br)=NNc1cnccn1. The molecule has 0 radical (unpaired) electrons. The van der Waals surface area contributed by atoms with Gasteiger partial charge in [-0.3, -0.25) is 10.4 Å². The topological polar surface area (TPSA) is 50.2 Å². The normalized spacial score (nSPS) is 12.7. The lowest BCUT2D eigenvalue weighted by Crippen LogP contribution is -2.18. The first kappa shape index (κ1) is 10.9. The molecule has 1 aromatic rings. The molecule has 4 nitrogen and oxygen atoms in total. The van der Waals surface area contributed by atoms with Crippen LogP contribution in [0.1, 0.15) is 0 Å². The lowest BCUT2D eigenvalue weighted by Gasteiger charge is -2.03. The van der Waals surface area contributed by atoms with Crippen molar-refractivity contribution in [2.45, 2.75) is 6.18 Å². The third-order valence-corrected chi connectivity index (χ3v) is 1.69. The average molecular weight is 269 g/mol. The highest BCUT2D eigenvalue weighted by Gasteiger charge is 2.34. The molecule has 1 rings (SSSR count). The van der Waals surface area contributed by atoms with Crippen molar-refractivity contribution in [1.82, 2.24) is 9.97 Å². The van der Waals surface area contributed by atoms with Crippen LogP contribution in [0.25, 0.3) is 0 Å². The number of rotatable bonds is 2. The Morgan fingerprint density at radius 1 is 1.43 bits per heavy atom. The Morgan fingerprint density at radius 3 is 2.64 bits per heavy atom. The Balaban J connectivity index is 2.65. The molecule has 1 aromatic heterocycles. The lowest BCUT2D eigenvalue weighted by molar-refractivity contribution is -0.0551. The molecule has 0 aliphatic carbocycles. The summed E-state index contributed by atoms with van der Waals surface area (Å²) in [6.45, 7) is 0. The number of aromatic nitrogens is 2. The molecule has 0 aliphatic heterocycles. The predicted octanol–water partition coefficient (Wildman–Crippen LogP) is 2.16. The van der Waals surface area contributed by atoms with Crippen molar-refractivity contribution in [3.63, 3.8) is 0 Å².